The average Bonchev–Trinajstić information content (AvgIpc) is 2.35. The average molecular weight is 302 g/mol. The van der Waals surface area contributed by atoms with Gasteiger partial charge < -0.3 is 10.1 Å². The van der Waals surface area contributed by atoms with E-state index in [4.69, 9.17) is 4.74 Å². The van der Waals surface area contributed by atoms with E-state index in [1.54, 1.807) is 6.07 Å². The Labute approximate surface area is 110 Å². The van der Waals surface area contributed by atoms with Gasteiger partial charge in [-0.15, -0.1) is 0 Å². The van der Waals surface area contributed by atoms with Crippen LogP contribution in [0.3, 0.4) is 0 Å². The Morgan fingerprint density at radius 2 is 2.12 bits per heavy atom. The molecule has 0 unspecified atom stereocenters. The van der Waals surface area contributed by atoms with Crippen molar-refractivity contribution >= 4 is 15.9 Å². The molecule has 0 bridgehead atoms. The van der Waals surface area contributed by atoms with Crippen LogP contribution in [0.2, 0.25) is 0 Å². The molecule has 0 aliphatic carbocycles. The Morgan fingerprint density at radius 1 is 1.35 bits per heavy atom. The van der Waals surface area contributed by atoms with Gasteiger partial charge in [0.1, 0.15) is 5.82 Å². The lowest BCUT2D eigenvalue weighted by Gasteiger charge is -2.22. The molecular weight excluding hydrogens is 285 g/mol. The van der Waals surface area contributed by atoms with Crippen molar-refractivity contribution in [3.05, 3.63) is 34.1 Å². The fraction of sp³-hybridized carbons (Fsp3) is 0.538. The number of rotatable bonds is 4. The molecule has 1 saturated heterocycles. The monoisotopic (exact) mass is 301 g/mol. The van der Waals surface area contributed by atoms with Gasteiger partial charge in [-0.1, -0.05) is 15.9 Å². The lowest BCUT2D eigenvalue weighted by Crippen LogP contribution is -2.27. The van der Waals surface area contributed by atoms with Crippen LogP contribution in [0.5, 0.6) is 0 Å². The standard InChI is InChI=1S/C13H17BrFNO/c14-12-1-2-13(15)11(7-12)9-16-8-10-3-5-17-6-4-10/h1-2,7,10,16H,3-6,8-9H2. The van der Waals surface area contributed by atoms with Crippen molar-refractivity contribution in [2.24, 2.45) is 5.92 Å². The van der Waals surface area contributed by atoms with Gasteiger partial charge in [0.05, 0.1) is 0 Å². The van der Waals surface area contributed by atoms with Gasteiger partial charge in [0.2, 0.25) is 0 Å². The third kappa shape index (κ3) is 4.05. The first-order valence-electron chi connectivity index (χ1n) is 5.98. The zero-order valence-electron chi connectivity index (χ0n) is 9.72. The zero-order valence-corrected chi connectivity index (χ0v) is 11.3. The lowest BCUT2D eigenvalue weighted by molar-refractivity contribution is 0.0662. The Morgan fingerprint density at radius 3 is 2.88 bits per heavy atom. The number of nitrogens with one attached hydrogen (secondary N) is 1. The summed E-state index contributed by atoms with van der Waals surface area (Å²) in [5.41, 5.74) is 0.714. The van der Waals surface area contributed by atoms with Crippen LogP contribution < -0.4 is 5.32 Å². The van der Waals surface area contributed by atoms with Crippen molar-refractivity contribution < 1.29 is 9.13 Å². The Kier molecular flexibility index (Phi) is 4.95. The number of hydrogen-bond acceptors (Lipinski definition) is 2. The molecule has 1 aromatic carbocycles. The summed E-state index contributed by atoms with van der Waals surface area (Å²) in [6.07, 6.45) is 2.21. The summed E-state index contributed by atoms with van der Waals surface area (Å²) in [5, 5.41) is 3.32. The van der Waals surface area contributed by atoms with Crippen molar-refractivity contribution in [1.29, 1.82) is 0 Å². The second-order valence-corrected chi connectivity index (χ2v) is 5.34. The van der Waals surface area contributed by atoms with Crippen molar-refractivity contribution in [3.63, 3.8) is 0 Å². The Bertz CT molecular complexity index is 366. The molecule has 17 heavy (non-hydrogen) atoms. The maximum atomic E-state index is 13.5. The molecule has 1 aromatic rings. The minimum Gasteiger partial charge on any atom is -0.381 e. The molecule has 1 heterocycles. The third-order valence-electron chi connectivity index (χ3n) is 3.10. The highest BCUT2D eigenvalue weighted by Gasteiger charge is 2.13. The van der Waals surface area contributed by atoms with Gasteiger partial charge in [0.15, 0.2) is 0 Å². The lowest BCUT2D eigenvalue weighted by atomic mass is 10.0. The first-order valence-corrected chi connectivity index (χ1v) is 6.77. The predicted octanol–water partition coefficient (Wildman–Crippen LogP) is 3.10. The summed E-state index contributed by atoms with van der Waals surface area (Å²) in [7, 11) is 0. The molecule has 0 atom stereocenters. The summed E-state index contributed by atoms with van der Waals surface area (Å²) in [5.74, 6) is 0.520. The highest BCUT2D eigenvalue weighted by molar-refractivity contribution is 9.10. The van der Waals surface area contributed by atoms with Crippen LogP contribution in [0.25, 0.3) is 0 Å². The van der Waals surface area contributed by atoms with Gasteiger partial charge in [-0.25, -0.2) is 4.39 Å². The van der Waals surface area contributed by atoms with E-state index < -0.39 is 0 Å². The smallest absolute Gasteiger partial charge is 0.127 e. The van der Waals surface area contributed by atoms with Gasteiger partial charge >= 0.3 is 0 Å². The maximum absolute atomic E-state index is 13.5. The van der Waals surface area contributed by atoms with E-state index in [-0.39, 0.29) is 5.82 Å². The fourth-order valence-corrected chi connectivity index (χ4v) is 2.45. The Balaban J connectivity index is 1.79. The van der Waals surface area contributed by atoms with Crippen molar-refractivity contribution in [2.75, 3.05) is 19.8 Å². The molecule has 4 heteroatoms. The normalized spacial score (nSPS) is 17.3. The van der Waals surface area contributed by atoms with E-state index in [0.29, 0.717) is 18.0 Å². The molecule has 1 aliphatic rings. The van der Waals surface area contributed by atoms with E-state index >= 15 is 0 Å². The summed E-state index contributed by atoms with van der Waals surface area (Å²) < 4.78 is 19.7. The topological polar surface area (TPSA) is 21.3 Å². The first kappa shape index (κ1) is 13.0. The minimum atomic E-state index is -0.146. The van der Waals surface area contributed by atoms with E-state index in [2.05, 4.69) is 21.2 Å². The number of halogens is 2. The summed E-state index contributed by atoms with van der Waals surface area (Å²) in [6, 6.07) is 5.04. The van der Waals surface area contributed by atoms with Crippen LogP contribution in [0.15, 0.2) is 22.7 Å². The van der Waals surface area contributed by atoms with E-state index in [1.807, 2.05) is 6.07 Å². The van der Waals surface area contributed by atoms with Gasteiger partial charge in [0, 0.05) is 29.8 Å². The van der Waals surface area contributed by atoms with Crippen LogP contribution in [0.4, 0.5) is 4.39 Å². The molecule has 1 N–H and O–H groups in total. The highest BCUT2D eigenvalue weighted by atomic mass is 79.9. The second kappa shape index (κ2) is 6.47. The van der Waals surface area contributed by atoms with Crippen molar-refractivity contribution in [2.45, 2.75) is 19.4 Å². The minimum absolute atomic E-state index is 0.146. The largest absolute Gasteiger partial charge is 0.381 e. The fourth-order valence-electron chi connectivity index (χ4n) is 2.04. The molecule has 0 radical (unpaired) electrons. The van der Waals surface area contributed by atoms with E-state index in [0.717, 1.165) is 37.1 Å². The number of hydrogen-bond donors (Lipinski definition) is 1. The van der Waals surface area contributed by atoms with Gasteiger partial charge in [-0.3, -0.25) is 0 Å². The number of ether oxygens (including phenoxy) is 1. The van der Waals surface area contributed by atoms with E-state index in [1.165, 1.54) is 6.07 Å². The van der Waals surface area contributed by atoms with E-state index in [9.17, 15) is 4.39 Å². The second-order valence-electron chi connectivity index (χ2n) is 4.42. The maximum Gasteiger partial charge on any atom is 0.127 e. The molecule has 94 valence electrons. The highest BCUT2D eigenvalue weighted by Crippen LogP contribution is 2.16. The quantitative estimate of drug-likeness (QED) is 0.923. The van der Waals surface area contributed by atoms with Crippen LogP contribution in [-0.4, -0.2) is 19.8 Å². The summed E-state index contributed by atoms with van der Waals surface area (Å²) >= 11 is 3.35. The van der Waals surface area contributed by atoms with Crippen molar-refractivity contribution in [3.8, 4) is 0 Å². The first-order chi connectivity index (χ1) is 8.25. The number of benzene rings is 1. The Hall–Kier alpha value is -0.450. The third-order valence-corrected chi connectivity index (χ3v) is 3.59. The molecule has 2 nitrogen and oxygen atoms in total. The summed E-state index contributed by atoms with van der Waals surface area (Å²) in [6.45, 7) is 3.24. The predicted molar refractivity (Wildman–Crippen MR) is 69.3 cm³/mol. The molecule has 0 saturated carbocycles. The summed E-state index contributed by atoms with van der Waals surface area (Å²) in [4.78, 5) is 0. The molecule has 0 spiro atoms. The molecular formula is C13H17BrFNO. The molecule has 2 rings (SSSR count). The van der Waals surface area contributed by atoms with Gasteiger partial charge in [-0.05, 0) is 43.5 Å². The zero-order chi connectivity index (χ0) is 12.1. The molecule has 1 aliphatic heterocycles. The van der Waals surface area contributed by atoms with Gasteiger partial charge in [0.25, 0.3) is 0 Å². The SMILES string of the molecule is Fc1ccc(Br)cc1CNCC1CCOCC1. The molecule has 0 amide bonds. The van der Waals surface area contributed by atoms with Crippen LogP contribution in [0, 0.1) is 11.7 Å². The molecule has 1 fully saturated rings. The van der Waals surface area contributed by atoms with Crippen LogP contribution >= 0.6 is 15.9 Å². The van der Waals surface area contributed by atoms with Crippen LogP contribution in [0.1, 0.15) is 18.4 Å². The van der Waals surface area contributed by atoms with Gasteiger partial charge in [-0.2, -0.15) is 0 Å². The molecule has 0 aromatic heterocycles. The van der Waals surface area contributed by atoms with Crippen molar-refractivity contribution in [1.82, 2.24) is 5.32 Å². The van der Waals surface area contributed by atoms with Crippen LogP contribution in [-0.2, 0) is 11.3 Å².